The highest BCUT2D eigenvalue weighted by molar-refractivity contribution is 7.97. The number of phenolic OH excluding ortho intramolecular Hbond substituents is 1. The van der Waals surface area contributed by atoms with E-state index in [2.05, 4.69) is 12.1 Å². The second-order valence-electron chi connectivity index (χ2n) is 8.93. The van der Waals surface area contributed by atoms with Crippen molar-refractivity contribution in [2.24, 2.45) is 0 Å². The molecule has 1 fully saturated rings. The standard InChI is InChI=1S/C12H16OS.C8HF17O3S/c1-9-7-11(8-10(2)12(9)13)14-5-3-4-6-14;9-1(10,3(13,14)5(17,18)7(21,22)23)2(11,12)4(15,16)6(19,20)8(24,25)29(26,27)28/h7-8H,3-6H2,1-2H3;(H,26,27,28). The van der Waals surface area contributed by atoms with Gasteiger partial charge in [0.1, 0.15) is 17.3 Å². The first kappa shape index (κ1) is 39.1. The number of aryl methyl sites for hydroxylation is 2. The highest BCUT2D eigenvalue weighted by atomic mass is 32.2. The Morgan fingerprint density at radius 1 is 0.628 bits per heavy atom. The van der Waals surface area contributed by atoms with Crippen molar-refractivity contribution in [1.82, 2.24) is 0 Å². The molecule has 252 valence electrons. The Bertz CT molecular complexity index is 1250. The number of halogens is 17. The number of hydrogen-bond acceptors (Lipinski definition) is 4. The first-order valence-corrected chi connectivity index (χ1v) is 13.8. The maximum absolute atomic E-state index is 13.0. The van der Waals surface area contributed by atoms with Crippen molar-refractivity contribution in [2.75, 3.05) is 11.5 Å². The van der Waals surface area contributed by atoms with Crippen LogP contribution in [0.4, 0.5) is 74.6 Å². The van der Waals surface area contributed by atoms with Crippen LogP contribution in [0.2, 0.25) is 0 Å². The Morgan fingerprint density at radius 3 is 1.23 bits per heavy atom. The van der Waals surface area contributed by atoms with Gasteiger partial charge in [0.15, 0.2) is 15.0 Å². The van der Waals surface area contributed by atoms with Crippen molar-refractivity contribution in [1.29, 1.82) is 0 Å². The van der Waals surface area contributed by atoms with Crippen molar-refractivity contribution >= 4 is 21.0 Å². The maximum atomic E-state index is 13.0. The Morgan fingerprint density at radius 2 is 0.930 bits per heavy atom. The minimum Gasteiger partial charge on any atom is -0.743 e. The van der Waals surface area contributed by atoms with E-state index in [0.717, 1.165) is 11.1 Å². The van der Waals surface area contributed by atoms with Gasteiger partial charge in [0.25, 0.3) is 0 Å². The number of aromatic hydroxyl groups is 1. The van der Waals surface area contributed by atoms with Crippen molar-refractivity contribution < 1.29 is 92.7 Å². The van der Waals surface area contributed by atoms with Crippen LogP contribution in [0.5, 0.6) is 5.75 Å². The highest BCUT2D eigenvalue weighted by Gasteiger charge is 2.95. The molecule has 0 radical (unpaired) electrons. The second-order valence-corrected chi connectivity index (χ2v) is 12.6. The summed E-state index contributed by atoms with van der Waals surface area (Å²) < 4.78 is 244. The minimum atomic E-state index is -8.92. The molecule has 0 amide bonds. The summed E-state index contributed by atoms with van der Waals surface area (Å²) in [4.78, 5) is 1.45. The van der Waals surface area contributed by atoms with E-state index >= 15 is 0 Å². The fraction of sp³-hybridized carbons (Fsp3) is 0.700. The average molecular weight is 708 g/mol. The van der Waals surface area contributed by atoms with Crippen LogP contribution in [0.15, 0.2) is 17.0 Å². The molecule has 1 aromatic carbocycles. The molecule has 2 rings (SSSR count). The fourth-order valence-corrected chi connectivity index (χ4v) is 6.19. The Hall–Kier alpha value is -1.91. The molecular formula is C20H17F17O4S2. The van der Waals surface area contributed by atoms with E-state index in [1.807, 2.05) is 13.8 Å². The van der Waals surface area contributed by atoms with Crippen LogP contribution in [-0.4, -0.2) is 76.5 Å². The van der Waals surface area contributed by atoms with Gasteiger partial charge in [-0.05, 0) is 49.9 Å². The molecule has 4 nitrogen and oxygen atoms in total. The molecule has 43 heavy (non-hydrogen) atoms. The predicted octanol–water partition coefficient (Wildman–Crippen LogP) is 7.28. The lowest BCUT2D eigenvalue weighted by atomic mass is 9.91. The molecule has 1 N–H and O–H groups in total. The second kappa shape index (κ2) is 11.5. The van der Waals surface area contributed by atoms with Gasteiger partial charge in [-0.25, -0.2) is 8.42 Å². The fourth-order valence-electron chi connectivity index (χ4n) is 3.28. The zero-order chi connectivity index (χ0) is 34.6. The van der Waals surface area contributed by atoms with Crippen LogP contribution in [0.3, 0.4) is 0 Å². The summed E-state index contributed by atoms with van der Waals surface area (Å²) in [7, 11) is -7.67. The van der Waals surface area contributed by atoms with Crippen molar-refractivity contribution in [2.45, 2.75) is 78.6 Å². The third kappa shape index (κ3) is 6.17. The van der Waals surface area contributed by atoms with Crippen LogP contribution >= 0.6 is 0 Å². The molecular weight excluding hydrogens is 691 g/mol. The quantitative estimate of drug-likeness (QED) is 0.175. The summed E-state index contributed by atoms with van der Waals surface area (Å²) in [5.41, 5.74) is 2.05. The van der Waals surface area contributed by atoms with Gasteiger partial charge in [-0.15, -0.1) is 0 Å². The van der Waals surface area contributed by atoms with Crippen LogP contribution in [0, 0.1) is 13.8 Å². The van der Waals surface area contributed by atoms with Crippen molar-refractivity contribution in [3.8, 4) is 5.75 Å². The molecule has 0 aromatic heterocycles. The van der Waals surface area contributed by atoms with Crippen LogP contribution in [0.1, 0.15) is 24.0 Å². The first-order chi connectivity index (χ1) is 18.7. The van der Waals surface area contributed by atoms with Gasteiger partial charge in [-0.3, -0.25) is 0 Å². The normalized spacial score (nSPS) is 17.1. The largest absolute Gasteiger partial charge is 0.743 e. The lowest BCUT2D eigenvalue weighted by Crippen LogP contribution is -2.75. The molecule has 0 spiro atoms. The van der Waals surface area contributed by atoms with Gasteiger partial charge in [-0.1, -0.05) is 0 Å². The molecule has 1 saturated heterocycles. The molecule has 23 heteroatoms. The zero-order valence-corrected chi connectivity index (χ0v) is 22.5. The lowest BCUT2D eigenvalue weighted by molar-refractivity contribution is -0.458. The van der Waals surface area contributed by atoms with Gasteiger partial charge in [-0.2, -0.15) is 74.6 Å². The van der Waals surface area contributed by atoms with E-state index in [9.17, 15) is 92.7 Å². The van der Waals surface area contributed by atoms with E-state index < -0.39 is 57.1 Å². The number of phenols is 1. The molecule has 0 bridgehead atoms. The minimum absolute atomic E-state index is 0.469. The predicted molar refractivity (Wildman–Crippen MR) is 113 cm³/mol. The van der Waals surface area contributed by atoms with E-state index in [0.29, 0.717) is 16.6 Å². The van der Waals surface area contributed by atoms with Gasteiger partial charge < -0.3 is 9.66 Å². The maximum Gasteiger partial charge on any atom is 0.460 e. The Balaban J connectivity index is 0.000000541. The number of rotatable bonds is 8. The van der Waals surface area contributed by atoms with Gasteiger partial charge in [0.2, 0.25) is 0 Å². The van der Waals surface area contributed by atoms with E-state index in [1.165, 1.54) is 29.2 Å². The number of alkyl halides is 17. The van der Waals surface area contributed by atoms with Crippen LogP contribution < -0.4 is 0 Å². The number of benzene rings is 1. The summed E-state index contributed by atoms with van der Waals surface area (Å²) in [5, 5.41) is 1.72. The molecule has 0 saturated carbocycles. The summed E-state index contributed by atoms with van der Waals surface area (Å²) in [6, 6.07) is 4.33. The summed E-state index contributed by atoms with van der Waals surface area (Å²) in [5.74, 6) is -49.0. The molecule has 0 unspecified atom stereocenters. The van der Waals surface area contributed by atoms with Gasteiger partial charge in [0.05, 0.1) is 0 Å². The van der Waals surface area contributed by atoms with Gasteiger partial charge >= 0.3 is 47.0 Å². The third-order valence-electron chi connectivity index (χ3n) is 5.84. The number of hydrogen-bond donors (Lipinski definition) is 1. The van der Waals surface area contributed by atoms with E-state index in [-0.39, 0.29) is 0 Å². The monoisotopic (exact) mass is 708 g/mol. The molecule has 1 heterocycles. The zero-order valence-electron chi connectivity index (χ0n) is 20.9. The molecule has 1 aliphatic rings. The van der Waals surface area contributed by atoms with Crippen molar-refractivity contribution in [3.63, 3.8) is 0 Å². The SMILES string of the molecule is Cc1cc([S+]2CCCC2)cc(C)c1O.O=S(=O)([O-])C(F)(F)C(F)(F)C(F)(F)C(F)(F)C(F)(F)C(F)(F)C(F)(F)C(F)(F)F. The first-order valence-electron chi connectivity index (χ1n) is 10.8. The van der Waals surface area contributed by atoms with E-state index in [4.69, 9.17) is 0 Å². The van der Waals surface area contributed by atoms with Crippen LogP contribution in [0.25, 0.3) is 0 Å². The average Bonchev–Trinajstić information content (AvgIpc) is 3.35. The molecule has 1 aromatic rings. The summed E-state index contributed by atoms with van der Waals surface area (Å²) in [6.45, 7) is 3.98. The summed E-state index contributed by atoms with van der Waals surface area (Å²) in [6.07, 6.45) is -5.14. The molecule has 0 atom stereocenters. The van der Waals surface area contributed by atoms with Gasteiger partial charge in [0, 0.05) is 10.9 Å². The Labute approximate surface area is 233 Å². The van der Waals surface area contributed by atoms with Crippen molar-refractivity contribution in [3.05, 3.63) is 23.3 Å². The van der Waals surface area contributed by atoms with Crippen LogP contribution in [-0.2, 0) is 21.0 Å². The summed E-state index contributed by atoms with van der Waals surface area (Å²) >= 11 is 0. The lowest BCUT2D eigenvalue weighted by Gasteiger charge is -2.42. The smallest absolute Gasteiger partial charge is 0.460 e. The van der Waals surface area contributed by atoms with E-state index in [1.54, 1.807) is 0 Å². The topological polar surface area (TPSA) is 77.4 Å². The molecule has 1 aliphatic heterocycles. The highest BCUT2D eigenvalue weighted by Crippen LogP contribution is 2.64. The third-order valence-corrected chi connectivity index (χ3v) is 9.19. The molecule has 0 aliphatic carbocycles. The Kier molecular flexibility index (Phi) is 10.4.